The number of carboxylic acid groups (broad SMARTS) is 1. The highest BCUT2D eigenvalue weighted by atomic mass is 16.4. The molecule has 1 N–H and O–H groups in total. The van der Waals surface area contributed by atoms with Gasteiger partial charge in [-0.15, -0.1) is 0 Å². The summed E-state index contributed by atoms with van der Waals surface area (Å²) in [7, 11) is 0. The van der Waals surface area contributed by atoms with Crippen molar-refractivity contribution in [3.05, 3.63) is 30.5 Å². The molecule has 1 atom stereocenters. The van der Waals surface area contributed by atoms with Crippen molar-refractivity contribution in [2.45, 2.75) is 38.8 Å². The van der Waals surface area contributed by atoms with Crippen LogP contribution < -0.4 is 0 Å². The number of rotatable bonds is 5. The fraction of sp³-hybridized carbons (Fsp3) is 0.474. The number of aromatic nitrogens is 2. The first-order valence-corrected chi connectivity index (χ1v) is 9.13. The van der Waals surface area contributed by atoms with Gasteiger partial charge < -0.3 is 14.9 Å². The van der Waals surface area contributed by atoms with Gasteiger partial charge in [-0.1, -0.05) is 18.2 Å². The molecule has 0 saturated carbocycles. The molecule has 1 aliphatic rings. The van der Waals surface area contributed by atoms with Crippen molar-refractivity contribution in [1.82, 2.24) is 19.6 Å². The molecule has 1 saturated heterocycles. The van der Waals surface area contributed by atoms with E-state index in [-0.39, 0.29) is 30.9 Å². The van der Waals surface area contributed by atoms with Gasteiger partial charge in [-0.25, -0.2) is 0 Å². The van der Waals surface area contributed by atoms with Crippen LogP contribution >= 0.6 is 0 Å². The minimum atomic E-state index is -1.02. The summed E-state index contributed by atoms with van der Waals surface area (Å²) in [6.45, 7) is 2.38. The van der Waals surface area contributed by atoms with Crippen LogP contribution in [-0.4, -0.2) is 68.1 Å². The Morgan fingerprint density at radius 2 is 2.00 bits per heavy atom. The van der Waals surface area contributed by atoms with Gasteiger partial charge >= 0.3 is 5.97 Å². The number of carbonyl (C=O) groups is 3. The van der Waals surface area contributed by atoms with Gasteiger partial charge in [-0.2, -0.15) is 5.10 Å². The van der Waals surface area contributed by atoms with Gasteiger partial charge in [0, 0.05) is 37.6 Å². The lowest BCUT2D eigenvalue weighted by molar-refractivity contribution is -0.145. The molecule has 8 heteroatoms. The number of carbonyl (C=O) groups excluding carboxylic acids is 2. The molecule has 0 spiro atoms. The van der Waals surface area contributed by atoms with E-state index in [4.69, 9.17) is 5.11 Å². The van der Waals surface area contributed by atoms with Crippen molar-refractivity contribution in [3.63, 3.8) is 0 Å². The molecule has 3 rings (SSSR count). The second-order valence-electron chi connectivity index (χ2n) is 6.89. The standard InChI is InChI=1S/C19H24N4O4/c1-14(24)23(13-19(26)27)16-6-4-9-21(10-8-16)18(25)12-22-11-15-5-2-3-7-17(15)20-22/h2-3,5,7,11,16H,4,6,8-10,12-13H2,1H3,(H,26,27). The third-order valence-corrected chi connectivity index (χ3v) is 4.96. The van der Waals surface area contributed by atoms with Crippen LogP contribution in [0.1, 0.15) is 26.2 Å². The Labute approximate surface area is 157 Å². The Morgan fingerprint density at radius 3 is 2.70 bits per heavy atom. The Bertz CT molecular complexity index is 814. The molecule has 2 heterocycles. The van der Waals surface area contributed by atoms with Crippen LogP contribution in [0, 0.1) is 0 Å². The zero-order valence-corrected chi connectivity index (χ0v) is 15.4. The van der Waals surface area contributed by atoms with Crippen LogP contribution in [0.2, 0.25) is 0 Å². The van der Waals surface area contributed by atoms with Crippen LogP contribution in [0.25, 0.3) is 10.9 Å². The smallest absolute Gasteiger partial charge is 0.323 e. The lowest BCUT2D eigenvalue weighted by Gasteiger charge is -2.28. The molecular weight excluding hydrogens is 348 g/mol. The van der Waals surface area contributed by atoms with Gasteiger partial charge in [0.15, 0.2) is 0 Å². The number of aliphatic carboxylic acids is 1. The van der Waals surface area contributed by atoms with E-state index in [1.54, 1.807) is 9.58 Å². The van der Waals surface area contributed by atoms with Crippen LogP contribution in [0.15, 0.2) is 30.5 Å². The number of hydrogen-bond acceptors (Lipinski definition) is 4. The van der Waals surface area contributed by atoms with Crippen LogP contribution in [0.5, 0.6) is 0 Å². The average molecular weight is 372 g/mol. The first kappa shape index (κ1) is 18.9. The van der Waals surface area contributed by atoms with Crippen LogP contribution in [0.4, 0.5) is 0 Å². The summed E-state index contributed by atoms with van der Waals surface area (Å²) in [5.41, 5.74) is 0.854. The van der Waals surface area contributed by atoms with Crippen LogP contribution in [0.3, 0.4) is 0 Å². The molecule has 27 heavy (non-hydrogen) atoms. The van der Waals surface area contributed by atoms with Crippen molar-refractivity contribution in [2.75, 3.05) is 19.6 Å². The van der Waals surface area contributed by atoms with Gasteiger partial charge in [0.2, 0.25) is 11.8 Å². The molecule has 1 aliphatic heterocycles. The number of benzene rings is 1. The summed E-state index contributed by atoms with van der Waals surface area (Å²) in [5, 5.41) is 14.4. The minimum Gasteiger partial charge on any atom is -0.480 e. The zero-order valence-electron chi connectivity index (χ0n) is 15.4. The Balaban J connectivity index is 1.62. The summed E-state index contributed by atoms with van der Waals surface area (Å²) in [4.78, 5) is 38.7. The maximum absolute atomic E-state index is 12.7. The SMILES string of the molecule is CC(=O)N(CC(=O)O)C1CCCN(C(=O)Cn2cc3ccccc3n2)CC1. The Hall–Kier alpha value is -2.90. The first-order chi connectivity index (χ1) is 12.9. The predicted octanol–water partition coefficient (Wildman–Crippen LogP) is 1.35. The predicted molar refractivity (Wildman–Crippen MR) is 99.0 cm³/mol. The van der Waals surface area contributed by atoms with Crippen molar-refractivity contribution in [3.8, 4) is 0 Å². The van der Waals surface area contributed by atoms with E-state index in [9.17, 15) is 14.4 Å². The fourth-order valence-corrected chi connectivity index (χ4v) is 3.62. The largest absolute Gasteiger partial charge is 0.480 e. The van der Waals surface area contributed by atoms with Crippen molar-refractivity contribution in [2.24, 2.45) is 0 Å². The highest BCUT2D eigenvalue weighted by Crippen LogP contribution is 2.18. The van der Waals surface area contributed by atoms with E-state index in [0.29, 0.717) is 25.9 Å². The molecule has 8 nitrogen and oxygen atoms in total. The molecule has 0 aliphatic carbocycles. The Kier molecular flexibility index (Phi) is 5.73. The number of carboxylic acids is 1. The second kappa shape index (κ2) is 8.20. The monoisotopic (exact) mass is 372 g/mol. The van der Waals surface area contributed by atoms with Crippen molar-refractivity contribution >= 4 is 28.7 Å². The molecule has 0 radical (unpaired) electrons. The van der Waals surface area contributed by atoms with E-state index in [1.165, 1.54) is 11.8 Å². The molecule has 144 valence electrons. The average Bonchev–Trinajstić information content (AvgIpc) is 2.86. The molecular formula is C19H24N4O4. The number of nitrogens with zero attached hydrogens (tertiary/aromatic N) is 4. The maximum Gasteiger partial charge on any atom is 0.323 e. The number of fused-ring (bicyclic) bond motifs is 1. The summed E-state index contributed by atoms with van der Waals surface area (Å²) >= 11 is 0. The maximum atomic E-state index is 12.7. The van der Waals surface area contributed by atoms with E-state index < -0.39 is 5.97 Å². The number of hydrogen-bond donors (Lipinski definition) is 1. The molecule has 1 unspecified atom stereocenters. The summed E-state index contributed by atoms with van der Waals surface area (Å²) in [6, 6.07) is 7.56. The Morgan fingerprint density at radius 1 is 1.22 bits per heavy atom. The van der Waals surface area contributed by atoms with Gasteiger partial charge in [-0.05, 0) is 25.3 Å². The lowest BCUT2D eigenvalue weighted by atomic mass is 10.1. The lowest BCUT2D eigenvalue weighted by Crippen LogP contribution is -2.43. The van der Waals surface area contributed by atoms with E-state index in [1.807, 2.05) is 30.5 Å². The highest BCUT2D eigenvalue weighted by Gasteiger charge is 2.27. The fourth-order valence-electron chi connectivity index (χ4n) is 3.62. The van der Waals surface area contributed by atoms with Gasteiger partial charge in [0.05, 0.1) is 5.52 Å². The van der Waals surface area contributed by atoms with Gasteiger partial charge in [0.25, 0.3) is 0 Å². The zero-order chi connectivity index (χ0) is 19.4. The molecule has 1 fully saturated rings. The van der Waals surface area contributed by atoms with Gasteiger partial charge in [-0.3, -0.25) is 19.1 Å². The van der Waals surface area contributed by atoms with Gasteiger partial charge in [0.1, 0.15) is 13.1 Å². The number of amides is 2. The van der Waals surface area contributed by atoms with E-state index in [0.717, 1.165) is 17.3 Å². The van der Waals surface area contributed by atoms with Crippen molar-refractivity contribution < 1.29 is 19.5 Å². The summed E-state index contributed by atoms with van der Waals surface area (Å²) < 4.78 is 1.65. The molecule has 1 aromatic carbocycles. The normalized spacial score (nSPS) is 17.5. The first-order valence-electron chi connectivity index (χ1n) is 9.13. The topological polar surface area (TPSA) is 95.7 Å². The van der Waals surface area contributed by atoms with Crippen LogP contribution in [-0.2, 0) is 20.9 Å². The molecule has 0 bridgehead atoms. The van der Waals surface area contributed by atoms with Crippen molar-refractivity contribution in [1.29, 1.82) is 0 Å². The third kappa shape index (κ3) is 4.64. The summed E-state index contributed by atoms with van der Waals surface area (Å²) in [5.74, 6) is -1.28. The third-order valence-electron chi connectivity index (χ3n) is 4.96. The number of likely N-dealkylation sites (tertiary alicyclic amines) is 1. The summed E-state index contributed by atoms with van der Waals surface area (Å²) in [6.07, 6.45) is 3.88. The van der Waals surface area contributed by atoms with E-state index >= 15 is 0 Å². The molecule has 2 aromatic rings. The quantitative estimate of drug-likeness (QED) is 0.855. The molecule has 2 amide bonds. The highest BCUT2D eigenvalue weighted by molar-refractivity contribution is 5.80. The van der Waals surface area contributed by atoms with E-state index in [2.05, 4.69) is 5.10 Å². The second-order valence-corrected chi connectivity index (χ2v) is 6.89. The molecule has 1 aromatic heterocycles. The minimum absolute atomic E-state index is 0.0175.